The molecule has 0 unspecified atom stereocenters. The van der Waals surface area contributed by atoms with Crippen molar-refractivity contribution in [2.75, 3.05) is 0 Å². The molecule has 1 heteroatoms. The van der Waals surface area contributed by atoms with Crippen molar-refractivity contribution in [1.82, 2.24) is 0 Å². The van der Waals surface area contributed by atoms with Gasteiger partial charge in [-0.05, 0) is 25.5 Å². The highest BCUT2D eigenvalue weighted by Crippen LogP contribution is 2.07. The third-order valence-corrected chi connectivity index (χ3v) is 1.64. The van der Waals surface area contributed by atoms with Gasteiger partial charge in [-0.2, -0.15) is 5.26 Å². The SMILES string of the molecule is C/C(C#N)=C\c1ccc(C)cc1. The van der Waals surface area contributed by atoms with Gasteiger partial charge in [-0.25, -0.2) is 0 Å². The second-order valence-electron chi connectivity index (χ2n) is 2.85. The van der Waals surface area contributed by atoms with E-state index in [0.29, 0.717) is 0 Å². The Balaban J connectivity index is 2.93. The normalized spacial score (nSPS) is 10.9. The number of nitrogens with zero attached hydrogens (tertiary/aromatic N) is 1. The molecule has 0 aliphatic rings. The lowest BCUT2D eigenvalue weighted by molar-refractivity contribution is 1.44. The molecule has 1 nitrogen and oxygen atoms in total. The summed E-state index contributed by atoms with van der Waals surface area (Å²) in [6, 6.07) is 10.2. The number of nitriles is 1. The van der Waals surface area contributed by atoms with Gasteiger partial charge >= 0.3 is 0 Å². The predicted molar refractivity (Wildman–Crippen MR) is 50.4 cm³/mol. The summed E-state index contributed by atoms with van der Waals surface area (Å²) < 4.78 is 0. The van der Waals surface area contributed by atoms with Crippen LogP contribution in [0.25, 0.3) is 6.08 Å². The van der Waals surface area contributed by atoms with E-state index in [-0.39, 0.29) is 0 Å². The largest absolute Gasteiger partial charge is 0.193 e. The van der Waals surface area contributed by atoms with Crippen molar-refractivity contribution in [2.24, 2.45) is 0 Å². The van der Waals surface area contributed by atoms with Gasteiger partial charge in [0.05, 0.1) is 6.07 Å². The lowest BCUT2D eigenvalue weighted by Crippen LogP contribution is -1.75. The molecule has 0 saturated heterocycles. The van der Waals surface area contributed by atoms with E-state index in [4.69, 9.17) is 5.26 Å². The van der Waals surface area contributed by atoms with Crippen LogP contribution in [-0.2, 0) is 0 Å². The molecule has 0 radical (unpaired) electrons. The smallest absolute Gasteiger partial charge is 0.0944 e. The summed E-state index contributed by atoms with van der Waals surface area (Å²) in [6.07, 6.45) is 1.87. The highest BCUT2D eigenvalue weighted by Gasteiger charge is 1.88. The number of rotatable bonds is 1. The summed E-state index contributed by atoms with van der Waals surface area (Å²) in [4.78, 5) is 0. The van der Waals surface area contributed by atoms with E-state index in [1.807, 2.05) is 37.3 Å². The van der Waals surface area contributed by atoms with Gasteiger partial charge in [0.15, 0.2) is 0 Å². The fraction of sp³-hybridized carbons (Fsp3) is 0.182. The first-order valence-corrected chi connectivity index (χ1v) is 3.87. The maximum atomic E-state index is 8.53. The molecule has 0 aliphatic heterocycles. The standard InChI is InChI=1S/C11H11N/c1-9-3-5-11(6-4-9)7-10(2)8-12/h3-7H,1-2H3/b10-7+. The van der Waals surface area contributed by atoms with Crippen LogP contribution in [0.4, 0.5) is 0 Å². The van der Waals surface area contributed by atoms with Crippen molar-refractivity contribution in [3.05, 3.63) is 41.0 Å². The first kappa shape index (κ1) is 8.55. The monoisotopic (exact) mass is 157 g/mol. The van der Waals surface area contributed by atoms with Gasteiger partial charge in [-0.3, -0.25) is 0 Å². The van der Waals surface area contributed by atoms with Crippen molar-refractivity contribution >= 4 is 6.08 Å². The molecule has 1 aromatic rings. The Morgan fingerprint density at radius 1 is 1.33 bits per heavy atom. The minimum absolute atomic E-state index is 0.735. The molecule has 0 bridgehead atoms. The van der Waals surface area contributed by atoms with Crippen LogP contribution in [0.3, 0.4) is 0 Å². The van der Waals surface area contributed by atoms with Crippen molar-refractivity contribution in [1.29, 1.82) is 5.26 Å². The fourth-order valence-corrected chi connectivity index (χ4v) is 0.945. The zero-order valence-electron chi connectivity index (χ0n) is 7.33. The van der Waals surface area contributed by atoms with Gasteiger partial charge in [0.25, 0.3) is 0 Å². The minimum atomic E-state index is 0.735. The van der Waals surface area contributed by atoms with Crippen LogP contribution in [-0.4, -0.2) is 0 Å². The van der Waals surface area contributed by atoms with Gasteiger partial charge in [0.1, 0.15) is 0 Å². The molecule has 60 valence electrons. The molecule has 0 saturated carbocycles. The summed E-state index contributed by atoms with van der Waals surface area (Å²) in [5.74, 6) is 0. The Morgan fingerprint density at radius 3 is 2.42 bits per heavy atom. The zero-order chi connectivity index (χ0) is 8.97. The molecule has 0 heterocycles. The quantitative estimate of drug-likeness (QED) is 0.575. The lowest BCUT2D eigenvalue weighted by Gasteiger charge is -1.94. The molecular weight excluding hydrogens is 146 g/mol. The molecule has 0 N–H and O–H groups in total. The van der Waals surface area contributed by atoms with E-state index < -0.39 is 0 Å². The first-order chi connectivity index (χ1) is 5.72. The molecular formula is C11H11N. The number of hydrogen-bond acceptors (Lipinski definition) is 1. The van der Waals surface area contributed by atoms with Crippen molar-refractivity contribution in [3.63, 3.8) is 0 Å². The Morgan fingerprint density at radius 2 is 1.92 bits per heavy atom. The van der Waals surface area contributed by atoms with Crippen LogP contribution in [0.15, 0.2) is 29.8 Å². The third-order valence-electron chi connectivity index (χ3n) is 1.64. The van der Waals surface area contributed by atoms with Crippen LogP contribution in [0.5, 0.6) is 0 Å². The zero-order valence-corrected chi connectivity index (χ0v) is 7.33. The summed E-state index contributed by atoms with van der Waals surface area (Å²) >= 11 is 0. The maximum Gasteiger partial charge on any atom is 0.0944 e. The molecule has 0 spiro atoms. The van der Waals surface area contributed by atoms with E-state index in [0.717, 1.165) is 11.1 Å². The van der Waals surface area contributed by atoms with Crippen LogP contribution in [0, 0.1) is 18.3 Å². The summed E-state index contributed by atoms with van der Waals surface area (Å²) in [7, 11) is 0. The molecule has 0 amide bonds. The average Bonchev–Trinajstić information content (AvgIpc) is 2.09. The van der Waals surface area contributed by atoms with Gasteiger partial charge < -0.3 is 0 Å². The molecule has 0 aliphatic carbocycles. The Bertz CT molecular complexity index is 325. The van der Waals surface area contributed by atoms with Gasteiger partial charge in [0.2, 0.25) is 0 Å². The van der Waals surface area contributed by atoms with Gasteiger partial charge in [-0.1, -0.05) is 29.8 Å². The van der Waals surface area contributed by atoms with Crippen molar-refractivity contribution in [2.45, 2.75) is 13.8 Å². The Kier molecular flexibility index (Phi) is 2.66. The summed E-state index contributed by atoms with van der Waals surface area (Å²) in [6.45, 7) is 3.85. The number of hydrogen-bond donors (Lipinski definition) is 0. The van der Waals surface area contributed by atoms with E-state index in [2.05, 4.69) is 6.07 Å². The van der Waals surface area contributed by atoms with Crippen LogP contribution < -0.4 is 0 Å². The summed E-state index contributed by atoms with van der Waals surface area (Å²) in [5.41, 5.74) is 3.06. The Hall–Kier alpha value is -1.55. The minimum Gasteiger partial charge on any atom is -0.193 e. The number of aryl methyl sites for hydroxylation is 1. The molecule has 12 heavy (non-hydrogen) atoms. The van der Waals surface area contributed by atoms with E-state index >= 15 is 0 Å². The number of allylic oxidation sites excluding steroid dienone is 1. The summed E-state index contributed by atoms with van der Waals surface area (Å²) in [5, 5.41) is 8.53. The second-order valence-corrected chi connectivity index (χ2v) is 2.85. The highest BCUT2D eigenvalue weighted by molar-refractivity contribution is 5.56. The Labute approximate surface area is 73.0 Å². The van der Waals surface area contributed by atoms with E-state index in [1.54, 1.807) is 6.92 Å². The highest BCUT2D eigenvalue weighted by atomic mass is 14.2. The number of benzene rings is 1. The molecule has 0 fully saturated rings. The lowest BCUT2D eigenvalue weighted by atomic mass is 10.1. The van der Waals surface area contributed by atoms with E-state index in [9.17, 15) is 0 Å². The molecule has 0 aromatic heterocycles. The topological polar surface area (TPSA) is 23.8 Å². The van der Waals surface area contributed by atoms with Crippen molar-refractivity contribution < 1.29 is 0 Å². The maximum absolute atomic E-state index is 8.53. The van der Waals surface area contributed by atoms with Crippen LogP contribution in [0.2, 0.25) is 0 Å². The molecule has 1 rings (SSSR count). The van der Waals surface area contributed by atoms with E-state index in [1.165, 1.54) is 5.56 Å². The van der Waals surface area contributed by atoms with Gasteiger partial charge in [-0.15, -0.1) is 0 Å². The van der Waals surface area contributed by atoms with Crippen LogP contribution >= 0.6 is 0 Å². The second kappa shape index (κ2) is 3.73. The molecule has 1 aromatic carbocycles. The third kappa shape index (κ3) is 2.25. The van der Waals surface area contributed by atoms with Gasteiger partial charge in [0, 0.05) is 5.57 Å². The van der Waals surface area contributed by atoms with Crippen LogP contribution in [0.1, 0.15) is 18.1 Å². The fourth-order valence-electron chi connectivity index (χ4n) is 0.945. The van der Waals surface area contributed by atoms with Crippen molar-refractivity contribution in [3.8, 4) is 6.07 Å². The molecule has 0 atom stereocenters. The first-order valence-electron chi connectivity index (χ1n) is 3.87. The predicted octanol–water partition coefficient (Wildman–Crippen LogP) is 2.92. The average molecular weight is 157 g/mol.